The second-order valence-electron chi connectivity index (χ2n) is 5.92. The lowest BCUT2D eigenvalue weighted by Crippen LogP contribution is -2.54. The van der Waals surface area contributed by atoms with Crippen molar-refractivity contribution in [2.45, 2.75) is 18.9 Å². The normalized spacial score (nSPS) is 18.8. The van der Waals surface area contributed by atoms with Crippen molar-refractivity contribution in [3.8, 4) is 12.3 Å². The number of piperidine rings is 1. The van der Waals surface area contributed by atoms with Gasteiger partial charge in [-0.1, -0.05) is 12.0 Å². The third-order valence-electron chi connectivity index (χ3n) is 4.16. The minimum Gasteiger partial charge on any atom is -0.359 e. The van der Waals surface area contributed by atoms with E-state index in [1.165, 1.54) is 18.2 Å². The molecule has 1 unspecified atom stereocenters. The van der Waals surface area contributed by atoms with Crippen molar-refractivity contribution >= 4 is 35.2 Å². The predicted molar refractivity (Wildman–Crippen MR) is 91.4 cm³/mol. The van der Waals surface area contributed by atoms with E-state index in [4.69, 9.17) is 11.2 Å². The molecule has 2 aliphatic rings. The van der Waals surface area contributed by atoms with E-state index in [2.05, 4.69) is 16.6 Å². The van der Waals surface area contributed by atoms with Crippen molar-refractivity contribution in [2.75, 3.05) is 18.5 Å². The first-order valence-electron chi connectivity index (χ1n) is 8.09. The van der Waals surface area contributed by atoms with Gasteiger partial charge in [-0.3, -0.25) is 34.2 Å². The Labute approximate surface area is 154 Å². The number of carbonyl (C=O) groups is 5. The van der Waals surface area contributed by atoms with Gasteiger partial charge in [-0.05, 0) is 18.6 Å². The summed E-state index contributed by atoms with van der Waals surface area (Å²) in [5.74, 6) is -0.826. The van der Waals surface area contributed by atoms with Gasteiger partial charge in [0.25, 0.3) is 11.8 Å². The Morgan fingerprint density at radius 2 is 2.07 bits per heavy atom. The Kier molecular flexibility index (Phi) is 5.00. The van der Waals surface area contributed by atoms with Gasteiger partial charge in [0, 0.05) is 6.42 Å². The highest BCUT2D eigenvalue weighted by molar-refractivity contribution is 6.26. The number of hydrogen-bond acceptors (Lipinski definition) is 6. The molecule has 2 aliphatic heterocycles. The minimum atomic E-state index is -1.07. The zero-order valence-corrected chi connectivity index (χ0v) is 14.1. The Morgan fingerprint density at radius 3 is 2.78 bits per heavy atom. The average molecular weight is 369 g/mol. The van der Waals surface area contributed by atoms with Crippen molar-refractivity contribution in [3.63, 3.8) is 0 Å². The summed E-state index contributed by atoms with van der Waals surface area (Å²) < 4.78 is 4.93. The van der Waals surface area contributed by atoms with Crippen LogP contribution in [0.2, 0.25) is 0 Å². The smallest absolute Gasteiger partial charge is 0.264 e. The van der Waals surface area contributed by atoms with Crippen molar-refractivity contribution < 1.29 is 28.7 Å². The van der Waals surface area contributed by atoms with Crippen molar-refractivity contribution in [1.82, 2.24) is 10.2 Å². The zero-order valence-electron chi connectivity index (χ0n) is 14.1. The fraction of sp³-hybridized carbons (Fsp3) is 0.278. The topological polar surface area (TPSA) is 122 Å². The van der Waals surface area contributed by atoms with E-state index in [9.17, 15) is 24.0 Å². The van der Waals surface area contributed by atoms with Gasteiger partial charge in [-0.25, -0.2) is 0 Å². The van der Waals surface area contributed by atoms with Crippen LogP contribution in [0.3, 0.4) is 0 Å². The van der Waals surface area contributed by atoms with Crippen LogP contribution >= 0.6 is 0 Å². The standard InChI is InChI=1S/C18H15N3O6/c1-2-8-27-9-14(23)19-11-5-3-4-10-15(11)18(26)21(17(10)25)12-6-7-13(22)20-16(12)24/h1,3-5,12H,6-9H2,(H,19,23)(H,20,22,24). The molecule has 0 aromatic heterocycles. The molecule has 1 aromatic carbocycles. The maximum Gasteiger partial charge on any atom is 0.264 e. The van der Waals surface area contributed by atoms with Crippen LogP contribution in [-0.4, -0.2) is 53.7 Å². The Bertz CT molecular complexity index is 901. The van der Waals surface area contributed by atoms with Gasteiger partial charge in [0.2, 0.25) is 17.7 Å². The van der Waals surface area contributed by atoms with Crippen LogP contribution in [0, 0.1) is 12.3 Å². The number of fused-ring (bicyclic) bond motifs is 1. The lowest BCUT2D eigenvalue weighted by atomic mass is 10.0. The predicted octanol–water partition coefficient (Wildman–Crippen LogP) is -0.324. The highest BCUT2D eigenvalue weighted by atomic mass is 16.5. The molecule has 0 bridgehead atoms. The van der Waals surface area contributed by atoms with E-state index < -0.39 is 35.6 Å². The molecule has 1 saturated heterocycles. The number of rotatable bonds is 5. The molecular weight excluding hydrogens is 354 g/mol. The average Bonchev–Trinajstić information content (AvgIpc) is 2.88. The largest absolute Gasteiger partial charge is 0.359 e. The van der Waals surface area contributed by atoms with Gasteiger partial charge in [0.15, 0.2) is 0 Å². The van der Waals surface area contributed by atoms with Crippen molar-refractivity contribution in [3.05, 3.63) is 29.3 Å². The van der Waals surface area contributed by atoms with Gasteiger partial charge in [-0.15, -0.1) is 6.42 Å². The first-order valence-corrected chi connectivity index (χ1v) is 8.09. The Hall–Kier alpha value is -3.51. The summed E-state index contributed by atoms with van der Waals surface area (Å²) in [6.07, 6.45) is 5.11. The molecular formula is C18H15N3O6. The number of benzene rings is 1. The van der Waals surface area contributed by atoms with Gasteiger partial charge in [-0.2, -0.15) is 0 Å². The highest BCUT2D eigenvalue weighted by Crippen LogP contribution is 2.32. The zero-order chi connectivity index (χ0) is 19.6. The van der Waals surface area contributed by atoms with Crippen LogP contribution in [0.4, 0.5) is 5.69 Å². The summed E-state index contributed by atoms with van der Waals surface area (Å²) in [6, 6.07) is 3.34. The van der Waals surface area contributed by atoms with Crippen LogP contribution in [0.5, 0.6) is 0 Å². The molecule has 5 amide bonds. The molecule has 0 saturated carbocycles. The number of terminal acetylenes is 1. The molecule has 9 heteroatoms. The monoisotopic (exact) mass is 369 g/mol. The van der Waals surface area contributed by atoms with Crippen LogP contribution in [0.1, 0.15) is 33.6 Å². The molecule has 0 radical (unpaired) electrons. The summed E-state index contributed by atoms with van der Waals surface area (Å²) in [4.78, 5) is 61.6. The number of carbonyl (C=O) groups excluding carboxylic acids is 5. The van der Waals surface area contributed by atoms with Crippen LogP contribution < -0.4 is 10.6 Å². The third-order valence-corrected chi connectivity index (χ3v) is 4.16. The number of nitrogens with zero attached hydrogens (tertiary/aromatic N) is 1. The summed E-state index contributed by atoms with van der Waals surface area (Å²) in [6.45, 7) is -0.353. The SMILES string of the molecule is C#CCOCC(=O)Nc1cccc2c1C(=O)N(C1CCC(=O)NC1=O)C2=O. The first-order chi connectivity index (χ1) is 12.9. The van der Waals surface area contributed by atoms with E-state index in [1.54, 1.807) is 0 Å². The minimum absolute atomic E-state index is 0.00231. The first kappa shape index (κ1) is 18.3. The van der Waals surface area contributed by atoms with Crippen LogP contribution in [-0.2, 0) is 19.1 Å². The fourth-order valence-corrected chi connectivity index (χ4v) is 3.01. The molecule has 27 heavy (non-hydrogen) atoms. The van der Waals surface area contributed by atoms with E-state index in [-0.39, 0.29) is 42.9 Å². The molecule has 9 nitrogen and oxygen atoms in total. The number of anilines is 1. The molecule has 3 rings (SSSR count). The van der Waals surface area contributed by atoms with E-state index in [0.717, 1.165) is 4.90 Å². The van der Waals surface area contributed by atoms with Crippen LogP contribution in [0.25, 0.3) is 0 Å². The molecule has 0 spiro atoms. The Morgan fingerprint density at radius 1 is 1.30 bits per heavy atom. The van der Waals surface area contributed by atoms with Crippen LogP contribution in [0.15, 0.2) is 18.2 Å². The van der Waals surface area contributed by atoms with Gasteiger partial charge in [0.05, 0.1) is 16.8 Å². The highest BCUT2D eigenvalue weighted by Gasteiger charge is 2.45. The molecule has 2 N–H and O–H groups in total. The number of amides is 5. The van der Waals surface area contributed by atoms with Crippen molar-refractivity contribution in [2.24, 2.45) is 0 Å². The molecule has 2 heterocycles. The maximum absolute atomic E-state index is 12.8. The van der Waals surface area contributed by atoms with E-state index in [0.29, 0.717) is 0 Å². The van der Waals surface area contributed by atoms with Crippen molar-refractivity contribution in [1.29, 1.82) is 0 Å². The quantitative estimate of drug-likeness (QED) is 0.417. The van der Waals surface area contributed by atoms with E-state index in [1.807, 2.05) is 0 Å². The van der Waals surface area contributed by atoms with Gasteiger partial charge < -0.3 is 10.1 Å². The number of imide groups is 2. The summed E-state index contributed by atoms with van der Waals surface area (Å²) in [5, 5.41) is 4.63. The number of ether oxygens (including phenoxy) is 1. The summed E-state index contributed by atoms with van der Waals surface area (Å²) in [5.41, 5.74) is 0.208. The van der Waals surface area contributed by atoms with Gasteiger partial charge >= 0.3 is 0 Å². The number of nitrogens with one attached hydrogen (secondary N) is 2. The van der Waals surface area contributed by atoms with Gasteiger partial charge in [0.1, 0.15) is 19.3 Å². The van der Waals surface area contributed by atoms with E-state index >= 15 is 0 Å². The summed E-state index contributed by atoms with van der Waals surface area (Å²) in [7, 11) is 0. The Balaban J connectivity index is 1.84. The molecule has 1 aromatic rings. The maximum atomic E-state index is 12.8. The molecule has 1 atom stereocenters. The second kappa shape index (κ2) is 7.39. The third kappa shape index (κ3) is 3.43. The molecule has 0 aliphatic carbocycles. The second-order valence-corrected chi connectivity index (χ2v) is 5.92. The lowest BCUT2D eigenvalue weighted by Gasteiger charge is -2.27. The molecule has 138 valence electrons. The fourth-order valence-electron chi connectivity index (χ4n) is 3.01. The lowest BCUT2D eigenvalue weighted by molar-refractivity contribution is -0.136. The molecule has 1 fully saturated rings. The number of hydrogen-bond donors (Lipinski definition) is 2. The summed E-state index contributed by atoms with van der Waals surface area (Å²) >= 11 is 0.